The van der Waals surface area contributed by atoms with Gasteiger partial charge in [0.25, 0.3) is 0 Å². The Kier molecular flexibility index (Phi) is 11.4. The molecule has 0 N–H and O–H groups in total. The fraction of sp³-hybridized carbons (Fsp3) is 0.533. The van der Waals surface area contributed by atoms with E-state index in [0.717, 1.165) is 10.5 Å². The molecule has 0 saturated heterocycles. The van der Waals surface area contributed by atoms with Crippen molar-refractivity contribution >= 4 is 32.9 Å². The monoisotopic (exact) mass is 623 g/mol. The van der Waals surface area contributed by atoms with Gasteiger partial charge in [-0.15, -0.1) is 0 Å². The molecule has 1 atom stereocenters. The van der Waals surface area contributed by atoms with Gasteiger partial charge in [-0.3, -0.25) is 13.9 Å². The number of carbonyl (C=O) groups excluding carboxylic acids is 2. The van der Waals surface area contributed by atoms with Crippen molar-refractivity contribution in [3.05, 3.63) is 65.7 Å². The standard InChI is InChI=1S/C30H43NO9P2/c1-8-36-41(34,37-9-2)26(42(35,38-10-3)39-11-4)22-30(21-23-17-13-12-14-18-23)24-19-15-16-20-25(24)31(27(30)32)28(33)40-29(5,6)7/h12-20,26H,8-11,21-22H2,1-7H3/t30-/m0/s1. The van der Waals surface area contributed by atoms with Gasteiger partial charge in [-0.25, -0.2) is 9.69 Å². The van der Waals surface area contributed by atoms with Crippen molar-refractivity contribution in [3.63, 3.8) is 0 Å². The number of hydrogen-bond acceptors (Lipinski definition) is 9. The summed E-state index contributed by atoms with van der Waals surface area (Å²) < 4.78 is 57.6. The van der Waals surface area contributed by atoms with Gasteiger partial charge in [0, 0.05) is 0 Å². The summed E-state index contributed by atoms with van der Waals surface area (Å²) >= 11 is 0. The van der Waals surface area contributed by atoms with Crippen LogP contribution >= 0.6 is 15.2 Å². The minimum Gasteiger partial charge on any atom is -0.443 e. The van der Waals surface area contributed by atoms with Crippen molar-refractivity contribution in [2.24, 2.45) is 0 Å². The molecule has 2 amide bonds. The molecular weight excluding hydrogens is 580 g/mol. The van der Waals surface area contributed by atoms with Crippen LogP contribution < -0.4 is 4.90 Å². The lowest BCUT2D eigenvalue weighted by Gasteiger charge is -2.37. The summed E-state index contributed by atoms with van der Waals surface area (Å²) in [6.07, 6.45) is -1.07. The van der Waals surface area contributed by atoms with Crippen LogP contribution in [0.5, 0.6) is 0 Å². The van der Waals surface area contributed by atoms with Gasteiger partial charge in [-0.2, -0.15) is 0 Å². The Balaban J connectivity index is 2.34. The number of carbonyl (C=O) groups is 2. The van der Waals surface area contributed by atoms with Crippen LogP contribution in [-0.4, -0.2) is 49.4 Å². The predicted molar refractivity (Wildman–Crippen MR) is 162 cm³/mol. The molecule has 0 saturated carbocycles. The summed E-state index contributed by atoms with van der Waals surface area (Å²) in [7, 11) is -8.45. The van der Waals surface area contributed by atoms with E-state index in [1.165, 1.54) is 0 Å². The lowest BCUT2D eigenvalue weighted by atomic mass is 9.74. The third-order valence-electron chi connectivity index (χ3n) is 6.70. The van der Waals surface area contributed by atoms with Crippen LogP contribution in [0.4, 0.5) is 10.5 Å². The minimum atomic E-state index is -4.23. The largest absolute Gasteiger partial charge is 0.443 e. The normalized spacial score (nSPS) is 17.5. The molecule has 2 aromatic rings. The fourth-order valence-electron chi connectivity index (χ4n) is 5.23. The summed E-state index contributed by atoms with van der Waals surface area (Å²) in [6.45, 7) is 11.7. The summed E-state index contributed by atoms with van der Waals surface area (Å²) in [5.41, 5.74) is -0.812. The Morgan fingerprint density at radius 2 is 1.29 bits per heavy atom. The molecule has 10 nitrogen and oxygen atoms in total. The van der Waals surface area contributed by atoms with Crippen molar-refractivity contribution in [1.29, 1.82) is 0 Å². The maximum absolute atomic E-state index is 14.7. The molecule has 0 radical (unpaired) electrons. The second kappa shape index (κ2) is 14.0. The smallest absolute Gasteiger partial charge is 0.421 e. The van der Waals surface area contributed by atoms with Gasteiger partial charge in [0.2, 0.25) is 5.91 Å². The van der Waals surface area contributed by atoms with Crippen LogP contribution in [0, 0.1) is 0 Å². The van der Waals surface area contributed by atoms with Crippen molar-refractivity contribution < 1.29 is 41.6 Å². The third kappa shape index (κ3) is 7.24. The number of benzene rings is 2. The number of amides is 2. The zero-order chi connectivity index (χ0) is 31.2. The zero-order valence-corrected chi connectivity index (χ0v) is 27.3. The summed E-state index contributed by atoms with van der Waals surface area (Å²) in [5.74, 6) is -0.606. The first-order valence-electron chi connectivity index (χ1n) is 14.3. The summed E-state index contributed by atoms with van der Waals surface area (Å²) in [6, 6.07) is 16.1. The first-order chi connectivity index (χ1) is 19.8. The van der Waals surface area contributed by atoms with Crippen LogP contribution in [0.3, 0.4) is 0 Å². The molecule has 2 aromatic carbocycles. The molecule has 232 valence electrons. The molecule has 42 heavy (non-hydrogen) atoms. The maximum Gasteiger partial charge on any atom is 0.421 e. The Bertz CT molecular complexity index is 1280. The van der Waals surface area contributed by atoms with Crippen LogP contribution in [0.25, 0.3) is 0 Å². The van der Waals surface area contributed by atoms with Gasteiger partial charge in [0.05, 0.1) is 37.5 Å². The molecule has 0 bridgehead atoms. The Morgan fingerprint density at radius 3 is 1.76 bits per heavy atom. The molecule has 0 aliphatic carbocycles. The zero-order valence-electron chi connectivity index (χ0n) is 25.5. The molecule has 12 heteroatoms. The van der Waals surface area contributed by atoms with E-state index >= 15 is 0 Å². The van der Waals surface area contributed by atoms with E-state index in [0.29, 0.717) is 11.3 Å². The summed E-state index contributed by atoms with van der Waals surface area (Å²) in [4.78, 5) is 29.3. The van der Waals surface area contributed by atoms with Crippen molar-refractivity contribution in [1.82, 2.24) is 0 Å². The quantitative estimate of drug-likeness (QED) is 0.195. The van der Waals surface area contributed by atoms with Crippen molar-refractivity contribution in [3.8, 4) is 0 Å². The minimum absolute atomic E-state index is 0.00766. The first kappa shape index (κ1) is 34.2. The van der Waals surface area contributed by atoms with Gasteiger partial charge in [0.1, 0.15) is 5.60 Å². The molecule has 0 aromatic heterocycles. The highest BCUT2D eigenvalue weighted by molar-refractivity contribution is 7.72. The summed E-state index contributed by atoms with van der Waals surface area (Å²) in [5, 5.41) is -1.48. The second-order valence-corrected chi connectivity index (χ2v) is 15.7. The van der Waals surface area contributed by atoms with Crippen molar-refractivity contribution in [2.75, 3.05) is 31.3 Å². The number of ether oxygens (including phenoxy) is 1. The third-order valence-corrected chi connectivity index (χ3v) is 12.7. The molecule has 0 unspecified atom stereocenters. The van der Waals surface area contributed by atoms with Crippen LogP contribution in [0.1, 0.15) is 66.0 Å². The van der Waals surface area contributed by atoms with E-state index in [2.05, 4.69) is 0 Å². The number of rotatable bonds is 14. The van der Waals surface area contributed by atoms with E-state index in [9.17, 15) is 18.7 Å². The lowest BCUT2D eigenvalue weighted by molar-refractivity contribution is -0.123. The molecule has 1 heterocycles. The lowest BCUT2D eigenvalue weighted by Crippen LogP contribution is -2.47. The Labute approximate surface area is 249 Å². The topological polar surface area (TPSA) is 118 Å². The highest BCUT2D eigenvalue weighted by Gasteiger charge is 2.61. The van der Waals surface area contributed by atoms with Gasteiger partial charge in [-0.05, 0) is 78.5 Å². The highest BCUT2D eigenvalue weighted by Crippen LogP contribution is 2.73. The SMILES string of the molecule is CCOP(=O)(OCC)C(C[C@]1(Cc2ccccc2)C(=O)N(C(=O)OC(C)(C)C)c2ccccc21)P(=O)(OCC)OCC. The number of fused-ring (bicyclic) bond motifs is 1. The van der Waals surface area contributed by atoms with Crippen LogP contribution in [0.2, 0.25) is 0 Å². The highest BCUT2D eigenvalue weighted by atomic mass is 31.2. The van der Waals surface area contributed by atoms with E-state index in [4.69, 9.17) is 22.8 Å². The number of hydrogen-bond donors (Lipinski definition) is 0. The van der Waals surface area contributed by atoms with E-state index < -0.39 is 43.6 Å². The molecule has 0 spiro atoms. The van der Waals surface area contributed by atoms with Gasteiger partial charge in [-0.1, -0.05) is 48.5 Å². The maximum atomic E-state index is 14.7. The first-order valence-corrected chi connectivity index (χ1v) is 17.5. The van der Waals surface area contributed by atoms with Gasteiger partial charge >= 0.3 is 21.3 Å². The Hall–Kier alpha value is -2.32. The fourth-order valence-corrected chi connectivity index (χ4v) is 10.8. The van der Waals surface area contributed by atoms with Gasteiger partial charge < -0.3 is 22.8 Å². The molecule has 0 fully saturated rings. The van der Waals surface area contributed by atoms with E-state index in [1.807, 2.05) is 30.3 Å². The van der Waals surface area contributed by atoms with Crippen molar-refractivity contribution in [2.45, 2.75) is 77.7 Å². The van der Waals surface area contributed by atoms with Gasteiger partial charge in [0.15, 0.2) is 5.40 Å². The van der Waals surface area contributed by atoms with Crippen LogP contribution in [0.15, 0.2) is 54.6 Å². The Morgan fingerprint density at radius 1 is 0.810 bits per heavy atom. The van der Waals surface area contributed by atoms with Crippen LogP contribution in [-0.2, 0) is 48.6 Å². The predicted octanol–water partition coefficient (Wildman–Crippen LogP) is 7.70. The average Bonchev–Trinajstić information content (AvgIpc) is 3.15. The average molecular weight is 624 g/mol. The number of para-hydroxylation sites is 1. The molecular formula is C30H43NO9P2. The molecule has 1 aliphatic heterocycles. The number of nitrogens with zero attached hydrogens (tertiary/aromatic N) is 1. The van der Waals surface area contributed by atoms with E-state index in [-0.39, 0.29) is 39.3 Å². The molecule has 3 rings (SSSR count). The second-order valence-electron chi connectivity index (χ2n) is 10.8. The molecule has 1 aliphatic rings. The number of anilines is 1. The van der Waals surface area contributed by atoms with E-state index in [1.54, 1.807) is 72.7 Å². The number of imide groups is 1.